The van der Waals surface area contributed by atoms with E-state index in [-0.39, 0.29) is 10.6 Å². The molecule has 0 saturated carbocycles. The van der Waals surface area contributed by atoms with E-state index in [0.29, 0.717) is 21.5 Å². The molecule has 2 rings (SSSR count). The molecular formula is C13H10BrFN2O2S. The van der Waals surface area contributed by atoms with E-state index in [1.54, 1.807) is 12.1 Å². The van der Waals surface area contributed by atoms with Crippen LogP contribution in [0.4, 0.5) is 4.39 Å². The van der Waals surface area contributed by atoms with Crippen molar-refractivity contribution in [2.75, 3.05) is 0 Å². The number of aromatic carboxylic acids is 1. The summed E-state index contributed by atoms with van der Waals surface area (Å²) in [4.78, 5) is 19.4. The number of carboxylic acids is 1. The Bertz CT molecular complexity index is 667. The van der Waals surface area contributed by atoms with Crippen LogP contribution in [0.1, 0.15) is 23.0 Å². The highest BCUT2D eigenvalue weighted by Gasteiger charge is 2.14. The smallest absolute Gasteiger partial charge is 0.336 e. The minimum atomic E-state index is -1.04. The molecule has 1 heterocycles. The molecule has 1 aromatic carbocycles. The molecule has 104 valence electrons. The second-order valence-electron chi connectivity index (χ2n) is 3.84. The zero-order chi connectivity index (χ0) is 14.7. The maximum atomic E-state index is 14.0. The number of hydrogen-bond donors (Lipinski definition) is 1. The summed E-state index contributed by atoms with van der Waals surface area (Å²) in [5, 5.41) is 9.24. The number of hydrogen-bond acceptors (Lipinski definition) is 4. The van der Waals surface area contributed by atoms with Crippen molar-refractivity contribution >= 4 is 33.7 Å². The van der Waals surface area contributed by atoms with Crippen LogP contribution in [0.15, 0.2) is 38.9 Å². The Morgan fingerprint density at radius 2 is 2.20 bits per heavy atom. The molecule has 0 amide bonds. The zero-order valence-corrected chi connectivity index (χ0v) is 12.8. The normalized spacial score (nSPS) is 10.6. The second kappa shape index (κ2) is 6.32. The lowest BCUT2D eigenvalue weighted by molar-refractivity contribution is 0.0695. The van der Waals surface area contributed by atoms with Crippen molar-refractivity contribution in [2.24, 2.45) is 0 Å². The van der Waals surface area contributed by atoms with Gasteiger partial charge in [0.15, 0.2) is 5.82 Å². The molecule has 0 spiro atoms. The van der Waals surface area contributed by atoms with Gasteiger partial charge in [0.25, 0.3) is 0 Å². The van der Waals surface area contributed by atoms with Gasteiger partial charge >= 0.3 is 5.97 Å². The third-order valence-corrected chi connectivity index (χ3v) is 4.21. The SMILES string of the molecule is CCc1ncnc(Sc2ccc(Br)c(C(=O)O)c2)c1F. The van der Waals surface area contributed by atoms with Gasteiger partial charge in [-0.25, -0.2) is 19.2 Å². The molecular weight excluding hydrogens is 347 g/mol. The highest BCUT2D eigenvalue weighted by Crippen LogP contribution is 2.31. The van der Waals surface area contributed by atoms with Crippen LogP contribution in [-0.4, -0.2) is 21.0 Å². The molecule has 0 fully saturated rings. The standard InChI is InChI=1S/C13H10BrFN2O2S/c1-2-10-11(15)12(17-6-16-10)20-7-3-4-9(14)8(5-7)13(18)19/h3-6H,2H2,1H3,(H,18,19). The summed E-state index contributed by atoms with van der Waals surface area (Å²) >= 11 is 4.24. The quantitative estimate of drug-likeness (QED) is 0.844. The van der Waals surface area contributed by atoms with Crippen LogP contribution < -0.4 is 0 Å². The summed E-state index contributed by atoms with van der Waals surface area (Å²) < 4.78 is 14.5. The Balaban J connectivity index is 2.35. The van der Waals surface area contributed by atoms with E-state index in [1.807, 2.05) is 6.92 Å². The predicted molar refractivity (Wildman–Crippen MR) is 76.6 cm³/mol. The molecule has 0 aliphatic heterocycles. The minimum Gasteiger partial charge on any atom is -0.478 e. The topological polar surface area (TPSA) is 63.1 Å². The van der Waals surface area contributed by atoms with Crippen molar-refractivity contribution in [2.45, 2.75) is 23.3 Å². The van der Waals surface area contributed by atoms with Gasteiger partial charge in [-0.05, 0) is 40.5 Å². The lowest BCUT2D eigenvalue weighted by Gasteiger charge is -2.06. The third kappa shape index (κ3) is 3.16. The molecule has 4 nitrogen and oxygen atoms in total. The average Bonchev–Trinajstić information content (AvgIpc) is 2.43. The summed E-state index contributed by atoms with van der Waals surface area (Å²) in [6, 6.07) is 4.80. The molecule has 0 aliphatic rings. The first-order valence-corrected chi connectivity index (χ1v) is 7.34. The highest BCUT2D eigenvalue weighted by atomic mass is 79.9. The van der Waals surface area contributed by atoms with Crippen LogP contribution in [0.2, 0.25) is 0 Å². The van der Waals surface area contributed by atoms with Crippen LogP contribution in [0.5, 0.6) is 0 Å². The van der Waals surface area contributed by atoms with Crippen molar-refractivity contribution in [3.05, 3.63) is 46.1 Å². The van der Waals surface area contributed by atoms with E-state index in [1.165, 1.54) is 12.4 Å². The minimum absolute atomic E-state index is 0.125. The van der Waals surface area contributed by atoms with E-state index >= 15 is 0 Å². The van der Waals surface area contributed by atoms with Crippen LogP contribution >= 0.6 is 27.7 Å². The van der Waals surface area contributed by atoms with Crippen molar-refractivity contribution < 1.29 is 14.3 Å². The number of aryl methyl sites for hydroxylation is 1. The van der Waals surface area contributed by atoms with Gasteiger partial charge in [-0.1, -0.05) is 18.7 Å². The summed E-state index contributed by atoms with van der Waals surface area (Å²) in [7, 11) is 0. The summed E-state index contributed by atoms with van der Waals surface area (Å²) in [5.74, 6) is -1.50. The maximum absolute atomic E-state index is 14.0. The molecule has 0 atom stereocenters. The van der Waals surface area contributed by atoms with Gasteiger partial charge in [0.2, 0.25) is 0 Å². The molecule has 20 heavy (non-hydrogen) atoms. The summed E-state index contributed by atoms with van der Waals surface area (Å²) in [5.41, 5.74) is 0.471. The monoisotopic (exact) mass is 356 g/mol. The first-order chi connectivity index (χ1) is 9.52. The van der Waals surface area contributed by atoms with Gasteiger partial charge in [0.1, 0.15) is 11.4 Å². The molecule has 1 aromatic heterocycles. The van der Waals surface area contributed by atoms with E-state index < -0.39 is 11.8 Å². The fourth-order valence-electron chi connectivity index (χ4n) is 1.55. The number of carbonyl (C=O) groups is 1. The van der Waals surface area contributed by atoms with Gasteiger partial charge in [-0.3, -0.25) is 0 Å². The van der Waals surface area contributed by atoms with Gasteiger partial charge in [-0.15, -0.1) is 0 Å². The average molecular weight is 357 g/mol. The number of benzene rings is 1. The van der Waals surface area contributed by atoms with Crippen molar-refractivity contribution in [3.8, 4) is 0 Å². The Kier molecular flexibility index (Phi) is 4.72. The van der Waals surface area contributed by atoms with Gasteiger partial charge in [0.05, 0.1) is 11.3 Å². The molecule has 0 saturated heterocycles. The first kappa shape index (κ1) is 14.9. The Hall–Kier alpha value is -1.47. The number of carboxylic acid groups (broad SMARTS) is 1. The highest BCUT2D eigenvalue weighted by molar-refractivity contribution is 9.10. The van der Waals surface area contributed by atoms with Gasteiger partial charge < -0.3 is 5.11 Å². The van der Waals surface area contributed by atoms with Crippen LogP contribution in [0.25, 0.3) is 0 Å². The maximum Gasteiger partial charge on any atom is 0.336 e. The Labute approximate surface area is 127 Å². The number of rotatable bonds is 4. The molecule has 2 aromatic rings. The number of aromatic nitrogens is 2. The number of halogens is 2. The largest absolute Gasteiger partial charge is 0.478 e. The lowest BCUT2D eigenvalue weighted by atomic mass is 10.2. The predicted octanol–water partition coefficient (Wildman–Crippen LogP) is 3.79. The molecule has 7 heteroatoms. The van der Waals surface area contributed by atoms with E-state index in [9.17, 15) is 9.18 Å². The fraction of sp³-hybridized carbons (Fsp3) is 0.154. The summed E-state index contributed by atoms with van der Waals surface area (Å²) in [6.07, 6.45) is 1.78. The van der Waals surface area contributed by atoms with Crippen molar-refractivity contribution in [1.82, 2.24) is 9.97 Å². The molecule has 0 unspecified atom stereocenters. The van der Waals surface area contributed by atoms with Crippen LogP contribution in [0.3, 0.4) is 0 Å². The second-order valence-corrected chi connectivity index (χ2v) is 5.76. The molecule has 0 bridgehead atoms. The molecule has 0 radical (unpaired) electrons. The Morgan fingerprint density at radius 1 is 1.45 bits per heavy atom. The first-order valence-electron chi connectivity index (χ1n) is 5.73. The lowest BCUT2D eigenvalue weighted by Crippen LogP contribution is -1.99. The van der Waals surface area contributed by atoms with E-state index in [4.69, 9.17) is 5.11 Å². The van der Waals surface area contributed by atoms with Crippen LogP contribution in [-0.2, 0) is 6.42 Å². The van der Waals surface area contributed by atoms with E-state index in [0.717, 1.165) is 11.8 Å². The van der Waals surface area contributed by atoms with Gasteiger partial charge in [0, 0.05) is 9.37 Å². The molecule has 1 N–H and O–H groups in total. The van der Waals surface area contributed by atoms with Crippen LogP contribution in [0, 0.1) is 5.82 Å². The van der Waals surface area contributed by atoms with Crippen molar-refractivity contribution in [3.63, 3.8) is 0 Å². The Morgan fingerprint density at radius 3 is 2.85 bits per heavy atom. The fourth-order valence-corrected chi connectivity index (χ4v) is 2.81. The zero-order valence-electron chi connectivity index (χ0n) is 10.4. The number of nitrogens with zero attached hydrogens (tertiary/aromatic N) is 2. The molecule has 0 aliphatic carbocycles. The van der Waals surface area contributed by atoms with E-state index in [2.05, 4.69) is 25.9 Å². The summed E-state index contributed by atoms with van der Waals surface area (Å²) in [6.45, 7) is 1.81. The van der Waals surface area contributed by atoms with Crippen molar-refractivity contribution in [1.29, 1.82) is 0 Å². The van der Waals surface area contributed by atoms with Gasteiger partial charge in [-0.2, -0.15) is 0 Å². The third-order valence-electron chi connectivity index (χ3n) is 2.55.